The molecule has 3 heteroatoms. The first-order valence-corrected chi connectivity index (χ1v) is 6.52. The predicted molar refractivity (Wildman–Crippen MR) is 71.8 cm³/mol. The van der Waals surface area contributed by atoms with Gasteiger partial charge in [-0.05, 0) is 24.1 Å². The molecule has 18 heavy (non-hydrogen) atoms. The van der Waals surface area contributed by atoms with Crippen LogP contribution in [0.4, 0.5) is 0 Å². The summed E-state index contributed by atoms with van der Waals surface area (Å²) < 4.78 is 0. The molecule has 0 heterocycles. The van der Waals surface area contributed by atoms with Crippen LogP contribution in [0.1, 0.15) is 50.2 Å². The maximum absolute atomic E-state index is 11.6. The van der Waals surface area contributed by atoms with Crippen LogP contribution in [0.5, 0.6) is 0 Å². The molecule has 0 fully saturated rings. The maximum Gasteiger partial charge on any atom is 0.220 e. The lowest BCUT2D eigenvalue weighted by atomic mass is 10.1. The number of rotatable bonds is 7. The summed E-state index contributed by atoms with van der Waals surface area (Å²) in [7, 11) is 0. The number of carbonyl (C=O) groups is 1. The number of benzene rings is 1. The summed E-state index contributed by atoms with van der Waals surface area (Å²) in [5.41, 5.74) is 1.60. The van der Waals surface area contributed by atoms with Gasteiger partial charge in [-0.25, -0.2) is 0 Å². The summed E-state index contributed by atoms with van der Waals surface area (Å²) >= 11 is 0. The topological polar surface area (TPSA) is 52.9 Å². The van der Waals surface area contributed by atoms with Gasteiger partial charge in [0.25, 0.3) is 0 Å². The Morgan fingerprint density at radius 2 is 2.17 bits per heavy atom. The van der Waals surface area contributed by atoms with Crippen molar-refractivity contribution in [2.45, 2.75) is 45.6 Å². The van der Waals surface area contributed by atoms with Crippen LogP contribution in [0.3, 0.4) is 0 Å². The number of hydrogen-bond acceptors (Lipinski definition) is 2. The van der Waals surface area contributed by atoms with E-state index in [1.54, 1.807) is 12.1 Å². The van der Waals surface area contributed by atoms with Crippen molar-refractivity contribution < 1.29 is 4.79 Å². The molecule has 0 saturated carbocycles. The van der Waals surface area contributed by atoms with Gasteiger partial charge in [-0.15, -0.1) is 0 Å². The van der Waals surface area contributed by atoms with E-state index in [1.165, 1.54) is 12.8 Å². The van der Waals surface area contributed by atoms with E-state index < -0.39 is 0 Å². The van der Waals surface area contributed by atoms with E-state index in [4.69, 9.17) is 5.26 Å². The normalized spacial score (nSPS) is 9.78. The van der Waals surface area contributed by atoms with Crippen molar-refractivity contribution in [3.63, 3.8) is 0 Å². The average molecular weight is 244 g/mol. The van der Waals surface area contributed by atoms with E-state index in [0.717, 1.165) is 18.4 Å². The summed E-state index contributed by atoms with van der Waals surface area (Å²) in [4.78, 5) is 11.6. The summed E-state index contributed by atoms with van der Waals surface area (Å²) in [6.07, 6.45) is 5.05. The van der Waals surface area contributed by atoms with Gasteiger partial charge in [0.2, 0.25) is 5.91 Å². The van der Waals surface area contributed by atoms with Crippen molar-refractivity contribution in [3.8, 4) is 6.07 Å². The minimum atomic E-state index is 0.0912. The highest BCUT2D eigenvalue weighted by Crippen LogP contribution is 2.05. The molecule has 1 aromatic carbocycles. The summed E-state index contributed by atoms with van der Waals surface area (Å²) in [5.74, 6) is 0.0912. The Morgan fingerprint density at radius 1 is 1.33 bits per heavy atom. The van der Waals surface area contributed by atoms with E-state index in [2.05, 4.69) is 18.3 Å². The highest BCUT2D eigenvalue weighted by atomic mass is 16.1. The Balaban J connectivity index is 2.27. The van der Waals surface area contributed by atoms with Crippen molar-refractivity contribution in [2.75, 3.05) is 0 Å². The summed E-state index contributed by atoms with van der Waals surface area (Å²) in [6.45, 7) is 2.66. The van der Waals surface area contributed by atoms with Crippen LogP contribution < -0.4 is 5.32 Å². The maximum atomic E-state index is 11.6. The molecule has 0 spiro atoms. The van der Waals surface area contributed by atoms with Gasteiger partial charge in [0.15, 0.2) is 0 Å². The molecule has 3 nitrogen and oxygen atoms in total. The molecule has 0 radical (unpaired) electrons. The Hall–Kier alpha value is -1.82. The molecule has 0 aliphatic heterocycles. The number of carbonyl (C=O) groups excluding carboxylic acids is 1. The first kappa shape index (κ1) is 14.2. The van der Waals surface area contributed by atoms with Gasteiger partial charge in [-0.3, -0.25) is 4.79 Å². The highest BCUT2D eigenvalue weighted by molar-refractivity contribution is 5.75. The zero-order valence-corrected chi connectivity index (χ0v) is 10.9. The fourth-order valence-corrected chi connectivity index (χ4v) is 1.75. The molecule has 1 N–H and O–H groups in total. The van der Waals surface area contributed by atoms with Crippen molar-refractivity contribution in [2.24, 2.45) is 0 Å². The SMILES string of the molecule is CCCCCCC(=O)NCc1cccc(C#N)c1. The molecule has 0 aliphatic rings. The third kappa shape index (κ3) is 5.49. The second-order valence-electron chi connectivity index (χ2n) is 4.40. The molecule has 1 rings (SSSR count). The quantitative estimate of drug-likeness (QED) is 0.749. The monoisotopic (exact) mass is 244 g/mol. The molecule has 0 atom stereocenters. The number of amides is 1. The van der Waals surface area contributed by atoms with Gasteiger partial charge in [0, 0.05) is 13.0 Å². The highest BCUT2D eigenvalue weighted by Gasteiger charge is 2.01. The lowest BCUT2D eigenvalue weighted by molar-refractivity contribution is -0.121. The largest absolute Gasteiger partial charge is 0.352 e. The van der Waals surface area contributed by atoms with Crippen LogP contribution in [-0.4, -0.2) is 5.91 Å². The van der Waals surface area contributed by atoms with Crippen LogP contribution in [0.15, 0.2) is 24.3 Å². The van der Waals surface area contributed by atoms with Gasteiger partial charge in [0.1, 0.15) is 0 Å². The first-order valence-electron chi connectivity index (χ1n) is 6.52. The van der Waals surface area contributed by atoms with Crippen LogP contribution >= 0.6 is 0 Å². The molecule has 96 valence electrons. The average Bonchev–Trinajstić information content (AvgIpc) is 2.41. The first-order chi connectivity index (χ1) is 8.76. The minimum absolute atomic E-state index is 0.0912. The number of unbranched alkanes of at least 4 members (excludes halogenated alkanes) is 3. The lowest BCUT2D eigenvalue weighted by Gasteiger charge is -2.05. The predicted octanol–water partition coefficient (Wildman–Crippen LogP) is 3.14. The number of nitrogens with zero attached hydrogens (tertiary/aromatic N) is 1. The zero-order valence-electron chi connectivity index (χ0n) is 10.9. The van der Waals surface area contributed by atoms with Crippen LogP contribution in [0.25, 0.3) is 0 Å². The fourth-order valence-electron chi connectivity index (χ4n) is 1.75. The smallest absolute Gasteiger partial charge is 0.220 e. The Kier molecular flexibility index (Phi) is 6.56. The van der Waals surface area contributed by atoms with Crippen molar-refractivity contribution in [3.05, 3.63) is 35.4 Å². The number of nitrogens with one attached hydrogen (secondary N) is 1. The van der Waals surface area contributed by atoms with Crippen LogP contribution in [-0.2, 0) is 11.3 Å². The van der Waals surface area contributed by atoms with Gasteiger partial charge < -0.3 is 5.32 Å². The molecular weight excluding hydrogens is 224 g/mol. The number of hydrogen-bond donors (Lipinski definition) is 1. The van der Waals surface area contributed by atoms with Crippen LogP contribution in [0.2, 0.25) is 0 Å². The zero-order chi connectivity index (χ0) is 13.2. The third-order valence-corrected chi connectivity index (χ3v) is 2.80. The second kappa shape index (κ2) is 8.30. The van der Waals surface area contributed by atoms with E-state index in [-0.39, 0.29) is 5.91 Å². The molecule has 0 aliphatic carbocycles. The van der Waals surface area contributed by atoms with E-state index in [9.17, 15) is 4.79 Å². The van der Waals surface area contributed by atoms with Crippen molar-refractivity contribution in [1.29, 1.82) is 5.26 Å². The molecule has 0 aromatic heterocycles. The van der Waals surface area contributed by atoms with Crippen LogP contribution in [0, 0.1) is 11.3 Å². The molecule has 1 aromatic rings. The Labute approximate surface area is 109 Å². The van der Waals surface area contributed by atoms with Gasteiger partial charge in [0.05, 0.1) is 11.6 Å². The minimum Gasteiger partial charge on any atom is -0.352 e. The lowest BCUT2D eigenvalue weighted by Crippen LogP contribution is -2.22. The Bertz CT molecular complexity index is 421. The summed E-state index contributed by atoms with van der Waals surface area (Å²) in [6, 6.07) is 9.40. The summed E-state index contributed by atoms with van der Waals surface area (Å²) in [5, 5.41) is 11.6. The molecule has 0 unspecified atom stereocenters. The van der Waals surface area contributed by atoms with E-state index >= 15 is 0 Å². The van der Waals surface area contributed by atoms with Gasteiger partial charge >= 0.3 is 0 Å². The molecule has 1 amide bonds. The molecule has 0 bridgehead atoms. The second-order valence-corrected chi connectivity index (χ2v) is 4.40. The standard InChI is InChI=1S/C15H20N2O/c1-2-3-4-5-9-15(18)17-12-14-8-6-7-13(10-14)11-16/h6-8,10H,2-5,9,12H2,1H3,(H,17,18). The fraction of sp³-hybridized carbons (Fsp3) is 0.467. The number of nitriles is 1. The van der Waals surface area contributed by atoms with Crippen molar-refractivity contribution >= 4 is 5.91 Å². The van der Waals surface area contributed by atoms with Crippen molar-refractivity contribution in [1.82, 2.24) is 5.32 Å². The molecule has 0 saturated heterocycles. The Morgan fingerprint density at radius 3 is 2.89 bits per heavy atom. The third-order valence-electron chi connectivity index (χ3n) is 2.80. The molecular formula is C15H20N2O. The van der Waals surface area contributed by atoms with Gasteiger partial charge in [-0.2, -0.15) is 5.26 Å². The van der Waals surface area contributed by atoms with Gasteiger partial charge in [-0.1, -0.05) is 38.3 Å². The van der Waals surface area contributed by atoms with E-state index in [1.807, 2.05) is 12.1 Å². The van der Waals surface area contributed by atoms with E-state index in [0.29, 0.717) is 18.5 Å².